The van der Waals surface area contributed by atoms with Crippen molar-refractivity contribution >= 4 is 5.91 Å². The molecule has 8 heteroatoms. The van der Waals surface area contributed by atoms with Gasteiger partial charge in [-0.3, -0.25) is 4.79 Å². The average molecular weight is 411 g/mol. The van der Waals surface area contributed by atoms with Crippen molar-refractivity contribution < 1.29 is 22.5 Å². The quantitative estimate of drug-likeness (QED) is 0.615. The maximum absolute atomic E-state index is 12.9. The van der Waals surface area contributed by atoms with Crippen LogP contribution in [0.25, 0.3) is 11.4 Å². The van der Waals surface area contributed by atoms with Crippen LogP contribution in [0.5, 0.6) is 0 Å². The number of benzene rings is 1. The summed E-state index contributed by atoms with van der Waals surface area (Å²) in [4.78, 5) is 18.7. The predicted molar refractivity (Wildman–Crippen MR) is 104 cm³/mol. The van der Waals surface area contributed by atoms with E-state index in [0.717, 1.165) is 18.6 Å². The van der Waals surface area contributed by atoms with Crippen LogP contribution in [0.4, 0.5) is 13.2 Å². The highest BCUT2D eigenvalue weighted by molar-refractivity contribution is 5.77. The number of halogens is 3. The van der Waals surface area contributed by atoms with E-state index in [2.05, 4.69) is 10.1 Å². The molecule has 29 heavy (non-hydrogen) atoms. The standard InChI is InChI=1S/C21H28F3N3O2/c1-6-14(2)27(18(28)13-20(3,4)5)11-10-17-25-19(26-29-17)15-8-7-9-16(12-15)21(22,23)24/h7-9,12,14H,6,10-11,13H2,1-5H3. The second-order valence-electron chi connectivity index (χ2n) is 8.42. The van der Waals surface area contributed by atoms with E-state index in [1.807, 2.05) is 34.6 Å². The number of rotatable bonds is 7. The summed E-state index contributed by atoms with van der Waals surface area (Å²) in [5.41, 5.74) is -0.654. The van der Waals surface area contributed by atoms with E-state index in [1.165, 1.54) is 12.1 Å². The van der Waals surface area contributed by atoms with Crippen molar-refractivity contribution in [2.75, 3.05) is 6.54 Å². The molecule has 0 saturated carbocycles. The zero-order chi connectivity index (χ0) is 21.8. The largest absolute Gasteiger partial charge is 0.416 e. The fraction of sp³-hybridized carbons (Fsp3) is 0.571. The first-order valence-electron chi connectivity index (χ1n) is 9.70. The molecule has 0 N–H and O–H groups in total. The monoisotopic (exact) mass is 411 g/mol. The molecule has 1 amide bonds. The van der Waals surface area contributed by atoms with Crippen molar-refractivity contribution in [1.82, 2.24) is 15.0 Å². The summed E-state index contributed by atoms with van der Waals surface area (Å²) in [5.74, 6) is 0.445. The normalized spacial score (nSPS) is 13.4. The molecule has 2 rings (SSSR count). The minimum Gasteiger partial charge on any atom is -0.339 e. The number of alkyl halides is 3. The van der Waals surface area contributed by atoms with Gasteiger partial charge in [0.2, 0.25) is 17.6 Å². The van der Waals surface area contributed by atoms with Gasteiger partial charge in [-0.15, -0.1) is 0 Å². The van der Waals surface area contributed by atoms with Gasteiger partial charge in [0.15, 0.2) is 0 Å². The molecular formula is C21H28F3N3O2. The van der Waals surface area contributed by atoms with Gasteiger partial charge in [-0.05, 0) is 30.9 Å². The summed E-state index contributed by atoms with van der Waals surface area (Å²) in [6, 6.07) is 4.87. The number of hydrogen-bond donors (Lipinski definition) is 0. The second kappa shape index (κ2) is 8.97. The molecule has 0 bridgehead atoms. The first-order chi connectivity index (χ1) is 13.4. The lowest BCUT2D eigenvalue weighted by molar-refractivity contribution is -0.137. The molecule has 1 atom stereocenters. The molecule has 5 nitrogen and oxygen atoms in total. The van der Waals surface area contributed by atoms with Crippen LogP contribution in [0.2, 0.25) is 0 Å². The van der Waals surface area contributed by atoms with Gasteiger partial charge in [-0.2, -0.15) is 18.2 Å². The number of amides is 1. The fourth-order valence-electron chi connectivity index (χ4n) is 2.89. The maximum Gasteiger partial charge on any atom is 0.416 e. The third-order valence-electron chi connectivity index (χ3n) is 4.61. The van der Waals surface area contributed by atoms with Gasteiger partial charge in [0.1, 0.15) is 0 Å². The number of carbonyl (C=O) groups is 1. The zero-order valence-corrected chi connectivity index (χ0v) is 17.5. The Balaban J connectivity index is 2.11. The van der Waals surface area contributed by atoms with Crippen molar-refractivity contribution in [3.05, 3.63) is 35.7 Å². The lowest BCUT2D eigenvalue weighted by Gasteiger charge is -2.31. The van der Waals surface area contributed by atoms with E-state index >= 15 is 0 Å². The van der Waals surface area contributed by atoms with E-state index in [9.17, 15) is 18.0 Å². The van der Waals surface area contributed by atoms with Crippen LogP contribution in [0.3, 0.4) is 0 Å². The SMILES string of the molecule is CCC(C)N(CCc1nc(-c2cccc(C(F)(F)F)c2)no1)C(=O)CC(C)(C)C. The van der Waals surface area contributed by atoms with Crippen LogP contribution in [-0.4, -0.2) is 33.5 Å². The van der Waals surface area contributed by atoms with Crippen LogP contribution in [0, 0.1) is 5.41 Å². The molecular weight excluding hydrogens is 383 g/mol. The van der Waals surface area contributed by atoms with E-state index in [1.54, 1.807) is 4.90 Å². The Morgan fingerprint density at radius 3 is 2.52 bits per heavy atom. The summed E-state index contributed by atoms with van der Waals surface area (Å²) in [6.45, 7) is 10.5. The molecule has 0 aliphatic rings. The topological polar surface area (TPSA) is 59.2 Å². The number of nitrogens with zero attached hydrogens (tertiary/aromatic N) is 3. The molecule has 1 heterocycles. The zero-order valence-electron chi connectivity index (χ0n) is 17.5. The Morgan fingerprint density at radius 1 is 1.24 bits per heavy atom. The Morgan fingerprint density at radius 2 is 1.93 bits per heavy atom. The van der Waals surface area contributed by atoms with Gasteiger partial charge in [-0.1, -0.05) is 45.0 Å². The first-order valence-corrected chi connectivity index (χ1v) is 9.70. The lowest BCUT2D eigenvalue weighted by Crippen LogP contribution is -2.41. The van der Waals surface area contributed by atoms with Crippen molar-refractivity contribution in [2.45, 2.75) is 66.1 Å². The number of hydrogen-bond acceptors (Lipinski definition) is 4. The Labute approximate surface area is 169 Å². The minimum absolute atomic E-state index is 0.0597. The molecule has 0 fully saturated rings. The molecule has 1 unspecified atom stereocenters. The van der Waals surface area contributed by atoms with E-state index in [0.29, 0.717) is 19.4 Å². The smallest absolute Gasteiger partial charge is 0.339 e. The number of carbonyl (C=O) groups excluding carboxylic acids is 1. The highest BCUT2D eigenvalue weighted by atomic mass is 19.4. The van der Waals surface area contributed by atoms with Crippen LogP contribution in [0.15, 0.2) is 28.8 Å². The average Bonchev–Trinajstić information content (AvgIpc) is 3.08. The molecule has 160 valence electrons. The van der Waals surface area contributed by atoms with Gasteiger partial charge < -0.3 is 9.42 Å². The van der Waals surface area contributed by atoms with Crippen LogP contribution < -0.4 is 0 Å². The van der Waals surface area contributed by atoms with E-state index in [4.69, 9.17) is 4.52 Å². The van der Waals surface area contributed by atoms with Crippen molar-refractivity contribution in [1.29, 1.82) is 0 Å². The summed E-state index contributed by atoms with van der Waals surface area (Å²) < 4.78 is 43.9. The van der Waals surface area contributed by atoms with Crippen molar-refractivity contribution in [3.8, 4) is 11.4 Å². The predicted octanol–water partition coefficient (Wildman–Crippen LogP) is 5.36. The third-order valence-corrected chi connectivity index (χ3v) is 4.61. The molecule has 0 spiro atoms. The van der Waals surface area contributed by atoms with Crippen LogP contribution >= 0.6 is 0 Å². The molecule has 0 aliphatic heterocycles. The lowest BCUT2D eigenvalue weighted by atomic mass is 9.91. The fourth-order valence-corrected chi connectivity index (χ4v) is 2.89. The molecule has 0 aliphatic carbocycles. The minimum atomic E-state index is -4.44. The molecule has 1 aromatic heterocycles. The molecule has 2 aromatic rings. The Kier molecular flexibility index (Phi) is 7.08. The summed E-state index contributed by atoms with van der Waals surface area (Å²) >= 11 is 0. The van der Waals surface area contributed by atoms with Crippen molar-refractivity contribution in [3.63, 3.8) is 0 Å². The molecule has 0 radical (unpaired) electrons. The van der Waals surface area contributed by atoms with E-state index in [-0.39, 0.29) is 34.6 Å². The van der Waals surface area contributed by atoms with Gasteiger partial charge in [0.25, 0.3) is 0 Å². The summed E-state index contributed by atoms with van der Waals surface area (Å²) in [7, 11) is 0. The maximum atomic E-state index is 12.9. The molecule has 1 aromatic carbocycles. The first kappa shape index (κ1) is 22.9. The van der Waals surface area contributed by atoms with Crippen molar-refractivity contribution in [2.24, 2.45) is 5.41 Å². The van der Waals surface area contributed by atoms with Gasteiger partial charge >= 0.3 is 6.18 Å². The highest BCUT2D eigenvalue weighted by Crippen LogP contribution is 2.31. The number of aromatic nitrogens is 2. The van der Waals surface area contributed by atoms with E-state index < -0.39 is 11.7 Å². The Bertz CT molecular complexity index is 825. The second-order valence-corrected chi connectivity index (χ2v) is 8.42. The van der Waals surface area contributed by atoms with Crippen LogP contribution in [-0.2, 0) is 17.4 Å². The Hall–Kier alpha value is -2.38. The van der Waals surface area contributed by atoms with Gasteiger partial charge in [0.05, 0.1) is 5.56 Å². The van der Waals surface area contributed by atoms with Crippen LogP contribution in [0.1, 0.15) is 58.9 Å². The summed E-state index contributed by atoms with van der Waals surface area (Å²) in [5, 5.41) is 3.80. The highest BCUT2D eigenvalue weighted by Gasteiger charge is 2.31. The third kappa shape index (κ3) is 6.58. The summed E-state index contributed by atoms with van der Waals surface area (Å²) in [6.07, 6.45) is -2.86. The van der Waals surface area contributed by atoms with Gasteiger partial charge in [0, 0.05) is 31.0 Å². The molecule has 0 saturated heterocycles. The van der Waals surface area contributed by atoms with Gasteiger partial charge in [-0.25, -0.2) is 0 Å².